The Balaban J connectivity index is 1.91. The summed E-state index contributed by atoms with van der Waals surface area (Å²) in [5.41, 5.74) is 1.13. The lowest BCUT2D eigenvalue weighted by Gasteiger charge is -2.21. The van der Waals surface area contributed by atoms with Gasteiger partial charge in [0.15, 0.2) is 5.75 Å². The van der Waals surface area contributed by atoms with Gasteiger partial charge in [0, 0.05) is 12.6 Å². The van der Waals surface area contributed by atoms with Crippen molar-refractivity contribution < 1.29 is 4.74 Å². The van der Waals surface area contributed by atoms with Crippen LogP contribution < -0.4 is 10.1 Å². The average molecular weight is 344 g/mol. The Morgan fingerprint density at radius 2 is 1.64 bits per heavy atom. The van der Waals surface area contributed by atoms with Crippen LogP contribution in [0.2, 0.25) is 10.0 Å². The Labute approximate surface area is 144 Å². The van der Waals surface area contributed by atoms with E-state index in [1.807, 2.05) is 12.1 Å². The highest BCUT2D eigenvalue weighted by molar-refractivity contribution is 6.37. The van der Waals surface area contributed by atoms with Gasteiger partial charge in [0.05, 0.1) is 16.7 Å². The Hall–Kier alpha value is -0.440. The van der Waals surface area contributed by atoms with Gasteiger partial charge in [-0.05, 0) is 37.0 Å². The molecule has 0 radical (unpaired) electrons. The van der Waals surface area contributed by atoms with Crippen LogP contribution in [-0.2, 0) is 6.54 Å². The van der Waals surface area contributed by atoms with Crippen molar-refractivity contribution in [3.8, 4) is 5.75 Å². The van der Waals surface area contributed by atoms with Gasteiger partial charge < -0.3 is 10.1 Å². The first kappa shape index (κ1) is 17.9. The van der Waals surface area contributed by atoms with Gasteiger partial charge in [-0.2, -0.15) is 0 Å². The van der Waals surface area contributed by atoms with Gasteiger partial charge in [-0.15, -0.1) is 0 Å². The molecule has 1 aromatic carbocycles. The van der Waals surface area contributed by atoms with E-state index in [1.54, 1.807) is 0 Å². The van der Waals surface area contributed by atoms with Crippen LogP contribution in [0.25, 0.3) is 0 Å². The molecule has 1 aromatic rings. The number of ether oxygens (including phenoxy) is 1. The van der Waals surface area contributed by atoms with E-state index < -0.39 is 0 Å². The molecule has 2 nitrogen and oxygen atoms in total. The second-order valence-electron chi connectivity index (χ2n) is 6.16. The van der Waals surface area contributed by atoms with Crippen LogP contribution in [0.1, 0.15) is 63.9 Å². The Kier molecular flexibility index (Phi) is 7.85. The average Bonchev–Trinajstić information content (AvgIpc) is 2.45. The molecule has 0 atom stereocenters. The first-order valence-corrected chi connectivity index (χ1v) is 9.30. The minimum absolute atomic E-state index is 0.607. The van der Waals surface area contributed by atoms with Crippen LogP contribution in [0.3, 0.4) is 0 Å². The second kappa shape index (κ2) is 9.64. The number of hydrogen-bond donors (Lipinski definition) is 1. The molecule has 0 aromatic heterocycles. The van der Waals surface area contributed by atoms with Crippen molar-refractivity contribution in [2.24, 2.45) is 0 Å². The molecular formula is C18H27Cl2NO. The molecule has 1 fully saturated rings. The first-order chi connectivity index (χ1) is 10.7. The van der Waals surface area contributed by atoms with E-state index >= 15 is 0 Å². The van der Waals surface area contributed by atoms with Crippen molar-refractivity contribution in [1.29, 1.82) is 0 Å². The summed E-state index contributed by atoms with van der Waals surface area (Å²) in [6.07, 6.45) is 10.3. The Morgan fingerprint density at radius 1 is 1.05 bits per heavy atom. The molecule has 4 heteroatoms. The highest BCUT2D eigenvalue weighted by Crippen LogP contribution is 2.34. The molecule has 0 spiro atoms. The van der Waals surface area contributed by atoms with E-state index in [-0.39, 0.29) is 0 Å². The summed E-state index contributed by atoms with van der Waals surface area (Å²) >= 11 is 12.6. The smallest absolute Gasteiger partial charge is 0.156 e. The van der Waals surface area contributed by atoms with Crippen LogP contribution in [-0.4, -0.2) is 12.6 Å². The summed E-state index contributed by atoms with van der Waals surface area (Å²) in [5, 5.41) is 4.88. The van der Waals surface area contributed by atoms with Crippen LogP contribution in [0.15, 0.2) is 12.1 Å². The molecule has 0 unspecified atom stereocenters. The molecule has 0 aliphatic heterocycles. The summed E-state index contributed by atoms with van der Waals surface area (Å²) in [4.78, 5) is 0. The van der Waals surface area contributed by atoms with E-state index in [2.05, 4.69) is 12.2 Å². The molecule has 1 aliphatic rings. The molecule has 22 heavy (non-hydrogen) atoms. The minimum atomic E-state index is 0.607. The molecule has 1 saturated carbocycles. The van der Waals surface area contributed by atoms with Gasteiger partial charge in [0.2, 0.25) is 0 Å². The molecule has 0 heterocycles. The fraction of sp³-hybridized carbons (Fsp3) is 0.667. The van der Waals surface area contributed by atoms with Crippen LogP contribution >= 0.6 is 23.2 Å². The number of nitrogens with one attached hydrogen (secondary N) is 1. The third-order valence-corrected chi connectivity index (χ3v) is 4.77. The highest BCUT2D eigenvalue weighted by atomic mass is 35.5. The third-order valence-electron chi connectivity index (χ3n) is 4.21. The lowest BCUT2D eigenvalue weighted by Crippen LogP contribution is -2.29. The predicted octanol–water partition coefficient (Wildman–Crippen LogP) is 5.98. The van der Waals surface area contributed by atoms with E-state index in [1.165, 1.54) is 44.9 Å². The zero-order chi connectivity index (χ0) is 15.8. The topological polar surface area (TPSA) is 21.3 Å². The molecule has 1 N–H and O–H groups in total. The van der Waals surface area contributed by atoms with Crippen molar-refractivity contribution in [2.45, 2.75) is 70.9 Å². The molecule has 0 amide bonds. The van der Waals surface area contributed by atoms with Crippen LogP contribution in [0.4, 0.5) is 0 Å². The van der Waals surface area contributed by atoms with Crippen molar-refractivity contribution in [1.82, 2.24) is 5.32 Å². The van der Waals surface area contributed by atoms with Gasteiger partial charge in [-0.3, -0.25) is 0 Å². The summed E-state index contributed by atoms with van der Waals surface area (Å²) in [5.74, 6) is 0.611. The number of benzene rings is 1. The van der Waals surface area contributed by atoms with Crippen molar-refractivity contribution in [3.05, 3.63) is 27.7 Å². The normalized spacial score (nSPS) is 17.0. The van der Waals surface area contributed by atoms with Gasteiger partial charge in [0.1, 0.15) is 0 Å². The van der Waals surface area contributed by atoms with Gasteiger partial charge in [-0.1, -0.05) is 62.2 Å². The maximum absolute atomic E-state index is 6.30. The fourth-order valence-corrected chi connectivity index (χ4v) is 3.62. The minimum Gasteiger partial charge on any atom is -0.490 e. The number of halogens is 2. The monoisotopic (exact) mass is 343 g/mol. The van der Waals surface area contributed by atoms with Crippen molar-refractivity contribution in [2.75, 3.05) is 6.61 Å². The SMILES string of the molecule is CCCOc1c(Cl)cc(CNC2CCCCCCC2)cc1Cl. The maximum atomic E-state index is 6.30. The summed E-state index contributed by atoms with van der Waals surface area (Å²) in [7, 11) is 0. The molecule has 124 valence electrons. The first-order valence-electron chi connectivity index (χ1n) is 8.54. The van der Waals surface area contributed by atoms with Gasteiger partial charge >= 0.3 is 0 Å². The van der Waals surface area contributed by atoms with Crippen molar-refractivity contribution >= 4 is 23.2 Å². The summed E-state index contributed by atoms with van der Waals surface area (Å²) in [6, 6.07) is 4.55. The molecule has 0 bridgehead atoms. The molecule has 1 aliphatic carbocycles. The zero-order valence-corrected chi connectivity index (χ0v) is 15.0. The quantitative estimate of drug-likeness (QED) is 0.685. The maximum Gasteiger partial charge on any atom is 0.156 e. The van der Waals surface area contributed by atoms with E-state index in [9.17, 15) is 0 Å². The van der Waals surface area contributed by atoms with Gasteiger partial charge in [0.25, 0.3) is 0 Å². The highest BCUT2D eigenvalue weighted by Gasteiger charge is 2.13. The number of hydrogen-bond acceptors (Lipinski definition) is 2. The fourth-order valence-electron chi connectivity index (χ4n) is 2.98. The van der Waals surface area contributed by atoms with E-state index in [0.717, 1.165) is 18.5 Å². The van der Waals surface area contributed by atoms with Crippen LogP contribution in [0, 0.1) is 0 Å². The van der Waals surface area contributed by atoms with E-state index in [0.29, 0.717) is 28.4 Å². The molecule has 0 saturated heterocycles. The largest absolute Gasteiger partial charge is 0.490 e. The van der Waals surface area contributed by atoms with Gasteiger partial charge in [-0.25, -0.2) is 0 Å². The van der Waals surface area contributed by atoms with E-state index in [4.69, 9.17) is 27.9 Å². The number of rotatable bonds is 6. The third kappa shape index (κ3) is 5.64. The standard InChI is InChI=1S/C18H27Cl2NO/c1-2-10-22-18-16(19)11-14(12-17(18)20)13-21-15-8-6-4-3-5-7-9-15/h11-12,15,21H,2-10,13H2,1H3. The lowest BCUT2D eigenvalue weighted by atomic mass is 9.96. The lowest BCUT2D eigenvalue weighted by molar-refractivity contribution is 0.317. The Bertz CT molecular complexity index is 433. The molecule has 2 rings (SSSR count). The van der Waals surface area contributed by atoms with Crippen LogP contribution in [0.5, 0.6) is 5.75 Å². The predicted molar refractivity (Wildman–Crippen MR) is 95.2 cm³/mol. The zero-order valence-electron chi connectivity index (χ0n) is 13.5. The second-order valence-corrected chi connectivity index (χ2v) is 6.97. The van der Waals surface area contributed by atoms with Crippen molar-refractivity contribution in [3.63, 3.8) is 0 Å². The molecular weight excluding hydrogens is 317 g/mol. The summed E-state index contributed by atoms with van der Waals surface area (Å²) < 4.78 is 5.61. The summed E-state index contributed by atoms with van der Waals surface area (Å²) in [6.45, 7) is 3.52. The Morgan fingerprint density at radius 3 is 2.23 bits per heavy atom.